The number of nitrogens with zero attached hydrogens (tertiary/aromatic N) is 1. The van der Waals surface area contributed by atoms with E-state index in [-0.39, 0.29) is 17.3 Å². The van der Waals surface area contributed by atoms with Gasteiger partial charge in [-0.15, -0.1) is 11.3 Å². The first-order chi connectivity index (χ1) is 11.8. The van der Waals surface area contributed by atoms with Crippen molar-refractivity contribution in [1.82, 2.24) is 0 Å². The number of benzene rings is 1. The van der Waals surface area contributed by atoms with E-state index in [9.17, 15) is 14.7 Å². The predicted molar refractivity (Wildman–Crippen MR) is 100 cm³/mol. The summed E-state index contributed by atoms with van der Waals surface area (Å²) in [6, 6.07) is 8.16. The number of aliphatic hydroxyl groups excluding tert-OH is 1. The van der Waals surface area contributed by atoms with Crippen LogP contribution in [0.25, 0.3) is 0 Å². The summed E-state index contributed by atoms with van der Waals surface area (Å²) < 4.78 is 0. The standard InChI is InChI=1S/C19H18ClNO3S/c1-10(2)16(22)14-15(18-11(3)7-8-25-18)21(19(24)17(14)23)13-6-4-5-12(20)9-13/h4-10,15,23H,1-3H3. The van der Waals surface area contributed by atoms with Gasteiger partial charge in [0.2, 0.25) is 0 Å². The first-order valence-corrected chi connectivity index (χ1v) is 9.19. The number of Topliss-reactive ketones (excluding diaryl/α,β-unsaturated/α-hetero) is 1. The van der Waals surface area contributed by atoms with Crippen LogP contribution in [0.1, 0.15) is 30.3 Å². The van der Waals surface area contributed by atoms with Crippen molar-refractivity contribution in [2.24, 2.45) is 5.92 Å². The van der Waals surface area contributed by atoms with Gasteiger partial charge in [0.1, 0.15) is 6.04 Å². The van der Waals surface area contributed by atoms with Crippen LogP contribution < -0.4 is 4.90 Å². The van der Waals surface area contributed by atoms with Crippen LogP contribution in [0.2, 0.25) is 5.02 Å². The van der Waals surface area contributed by atoms with E-state index in [4.69, 9.17) is 11.6 Å². The molecular weight excluding hydrogens is 358 g/mol. The molecule has 0 saturated carbocycles. The zero-order valence-electron chi connectivity index (χ0n) is 14.1. The Balaban J connectivity index is 2.21. The Morgan fingerprint density at radius 2 is 2.04 bits per heavy atom. The van der Waals surface area contributed by atoms with Gasteiger partial charge in [0, 0.05) is 21.5 Å². The topological polar surface area (TPSA) is 57.6 Å². The van der Waals surface area contributed by atoms with Gasteiger partial charge in [-0.2, -0.15) is 0 Å². The summed E-state index contributed by atoms with van der Waals surface area (Å²) in [5, 5.41) is 12.9. The Kier molecular flexibility index (Phi) is 4.71. The number of hydrogen-bond donors (Lipinski definition) is 1. The molecule has 1 aromatic carbocycles. The van der Waals surface area contributed by atoms with Crippen LogP contribution in [-0.2, 0) is 9.59 Å². The van der Waals surface area contributed by atoms with Gasteiger partial charge in [-0.1, -0.05) is 31.5 Å². The molecule has 0 aliphatic carbocycles. The van der Waals surface area contributed by atoms with Gasteiger partial charge in [0.15, 0.2) is 11.5 Å². The number of anilines is 1. The van der Waals surface area contributed by atoms with Gasteiger partial charge < -0.3 is 5.11 Å². The van der Waals surface area contributed by atoms with Crippen LogP contribution >= 0.6 is 22.9 Å². The third-order valence-electron chi connectivity index (χ3n) is 4.23. The number of aryl methyl sites for hydroxylation is 1. The van der Waals surface area contributed by atoms with Crippen molar-refractivity contribution in [1.29, 1.82) is 0 Å². The van der Waals surface area contributed by atoms with Crippen molar-refractivity contribution in [2.75, 3.05) is 4.90 Å². The van der Waals surface area contributed by atoms with Gasteiger partial charge in [0.05, 0.1) is 5.57 Å². The molecule has 1 aliphatic rings. The molecule has 0 saturated heterocycles. The summed E-state index contributed by atoms with van der Waals surface area (Å²) in [5.74, 6) is -1.61. The van der Waals surface area contributed by atoms with Gasteiger partial charge >= 0.3 is 0 Å². The van der Waals surface area contributed by atoms with E-state index in [0.29, 0.717) is 10.7 Å². The number of hydrogen-bond acceptors (Lipinski definition) is 4. The van der Waals surface area contributed by atoms with E-state index < -0.39 is 17.7 Å². The summed E-state index contributed by atoms with van der Waals surface area (Å²) in [6.45, 7) is 5.44. The van der Waals surface area contributed by atoms with Crippen molar-refractivity contribution in [3.8, 4) is 0 Å². The third-order valence-corrected chi connectivity index (χ3v) is 5.54. The highest BCUT2D eigenvalue weighted by Gasteiger charge is 2.45. The van der Waals surface area contributed by atoms with Crippen LogP contribution in [0, 0.1) is 12.8 Å². The molecule has 3 rings (SSSR count). The molecule has 0 spiro atoms. The Bertz CT molecular complexity index is 884. The molecule has 130 valence electrons. The second-order valence-electron chi connectivity index (χ2n) is 6.31. The number of ketones is 1. The third kappa shape index (κ3) is 2.98. The van der Waals surface area contributed by atoms with E-state index >= 15 is 0 Å². The SMILES string of the molecule is Cc1ccsc1C1C(C(=O)C(C)C)=C(O)C(=O)N1c1cccc(Cl)c1. The van der Waals surface area contributed by atoms with Crippen molar-refractivity contribution in [3.63, 3.8) is 0 Å². The Hall–Kier alpha value is -2.11. The van der Waals surface area contributed by atoms with Gasteiger partial charge in [-0.05, 0) is 42.1 Å². The van der Waals surface area contributed by atoms with Crippen LogP contribution in [0.4, 0.5) is 5.69 Å². The summed E-state index contributed by atoms with van der Waals surface area (Å²) in [6.07, 6.45) is 0. The van der Waals surface area contributed by atoms with Crippen LogP contribution in [-0.4, -0.2) is 16.8 Å². The lowest BCUT2D eigenvalue weighted by Gasteiger charge is -2.27. The minimum atomic E-state index is -0.638. The highest BCUT2D eigenvalue weighted by Crippen LogP contribution is 2.44. The van der Waals surface area contributed by atoms with E-state index in [1.54, 1.807) is 38.1 Å². The maximum absolute atomic E-state index is 12.8. The monoisotopic (exact) mass is 375 g/mol. The molecule has 0 radical (unpaired) electrons. The van der Waals surface area contributed by atoms with E-state index in [1.807, 2.05) is 18.4 Å². The lowest BCUT2D eigenvalue weighted by atomic mass is 9.93. The van der Waals surface area contributed by atoms with Gasteiger partial charge in [-0.25, -0.2) is 0 Å². The van der Waals surface area contributed by atoms with Gasteiger partial charge in [0.25, 0.3) is 5.91 Å². The number of thiophene rings is 1. The molecule has 1 unspecified atom stereocenters. The van der Waals surface area contributed by atoms with Crippen molar-refractivity contribution < 1.29 is 14.7 Å². The molecular formula is C19H18ClNO3S. The molecule has 2 aromatic rings. The summed E-state index contributed by atoms with van der Waals surface area (Å²) in [7, 11) is 0. The smallest absolute Gasteiger partial charge is 0.294 e. The molecule has 0 bridgehead atoms. The summed E-state index contributed by atoms with van der Waals surface area (Å²) in [5.41, 5.74) is 1.68. The number of halogens is 1. The largest absolute Gasteiger partial charge is 0.503 e. The zero-order chi connectivity index (χ0) is 18.3. The number of rotatable bonds is 4. The first-order valence-electron chi connectivity index (χ1n) is 7.93. The highest BCUT2D eigenvalue weighted by molar-refractivity contribution is 7.10. The molecule has 25 heavy (non-hydrogen) atoms. The predicted octanol–water partition coefficient (Wildman–Crippen LogP) is 4.84. The first kappa shape index (κ1) is 17.7. The number of carbonyl (C=O) groups excluding carboxylic acids is 2. The number of carbonyl (C=O) groups is 2. The second kappa shape index (κ2) is 6.65. The number of aliphatic hydroxyl groups is 1. The van der Waals surface area contributed by atoms with Crippen molar-refractivity contribution >= 4 is 40.3 Å². The molecule has 1 aromatic heterocycles. The summed E-state index contributed by atoms with van der Waals surface area (Å²) >= 11 is 7.54. The average molecular weight is 376 g/mol. The molecule has 2 heterocycles. The van der Waals surface area contributed by atoms with E-state index in [2.05, 4.69) is 0 Å². The lowest BCUT2D eigenvalue weighted by Crippen LogP contribution is -2.31. The van der Waals surface area contributed by atoms with Gasteiger partial charge in [-0.3, -0.25) is 14.5 Å². The van der Waals surface area contributed by atoms with E-state index in [1.165, 1.54) is 16.2 Å². The van der Waals surface area contributed by atoms with Crippen LogP contribution in [0.5, 0.6) is 0 Å². The summed E-state index contributed by atoms with van der Waals surface area (Å²) in [4.78, 5) is 27.9. The van der Waals surface area contributed by atoms with Crippen molar-refractivity contribution in [3.05, 3.63) is 62.5 Å². The zero-order valence-corrected chi connectivity index (χ0v) is 15.7. The second-order valence-corrected chi connectivity index (χ2v) is 7.69. The normalized spacial score (nSPS) is 17.7. The van der Waals surface area contributed by atoms with Crippen LogP contribution in [0.3, 0.4) is 0 Å². The number of amides is 1. The Labute approximate surface area is 155 Å². The van der Waals surface area contributed by atoms with Crippen molar-refractivity contribution in [2.45, 2.75) is 26.8 Å². The quantitative estimate of drug-likeness (QED) is 0.832. The maximum Gasteiger partial charge on any atom is 0.294 e. The lowest BCUT2D eigenvalue weighted by molar-refractivity contribution is -0.119. The fraction of sp³-hybridized carbons (Fsp3) is 0.263. The fourth-order valence-corrected chi connectivity index (χ4v) is 4.18. The Morgan fingerprint density at radius 3 is 2.60 bits per heavy atom. The Morgan fingerprint density at radius 1 is 1.32 bits per heavy atom. The maximum atomic E-state index is 12.8. The van der Waals surface area contributed by atoms with E-state index in [0.717, 1.165) is 10.4 Å². The minimum absolute atomic E-state index is 0.158. The fourth-order valence-electron chi connectivity index (χ4n) is 2.97. The molecule has 1 atom stereocenters. The minimum Gasteiger partial charge on any atom is -0.503 e. The molecule has 6 heteroatoms. The average Bonchev–Trinajstić information content (AvgIpc) is 3.08. The highest BCUT2D eigenvalue weighted by atomic mass is 35.5. The molecule has 4 nitrogen and oxygen atoms in total. The molecule has 1 aliphatic heterocycles. The molecule has 1 amide bonds. The molecule has 0 fully saturated rings. The van der Waals surface area contributed by atoms with Crippen LogP contribution in [0.15, 0.2) is 47.0 Å². The molecule has 1 N–H and O–H groups in total.